The number of nitrogens with zero attached hydrogens (tertiary/aromatic N) is 1. The zero-order valence-electron chi connectivity index (χ0n) is 25.4. The number of halogens is 1. The fourth-order valence-electron chi connectivity index (χ4n) is 5.74. The second kappa shape index (κ2) is 13.9. The first kappa shape index (κ1) is 34.9. The molecule has 2 aromatic carbocycles. The highest BCUT2D eigenvalue weighted by Gasteiger charge is 2.54. The highest BCUT2D eigenvalue weighted by atomic mass is 79.9. The third-order valence-electron chi connectivity index (χ3n) is 8.61. The molecule has 1 aliphatic carbocycles. The maximum Gasteiger partial charge on any atom is 0.407 e. The number of ether oxygens (including phenoxy) is 4. The molecule has 0 radical (unpaired) electrons. The Hall–Kier alpha value is -2.47. The Balaban J connectivity index is 1.06. The molecule has 2 aromatic rings. The average molecular weight is 748 g/mol. The highest BCUT2D eigenvalue weighted by Crippen LogP contribution is 2.46. The van der Waals surface area contributed by atoms with Crippen LogP contribution in [0.25, 0.3) is 0 Å². The number of rotatable bonds is 13. The topological polar surface area (TPSA) is 178 Å². The summed E-state index contributed by atoms with van der Waals surface area (Å²) in [5, 5.41) is 22.4. The largest absolute Gasteiger partial charge is 0.492 e. The summed E-state index contributed by atoms with van der Waals surface area (Å²) in [7, 11) is -7.53. The first-order chi connectivity index (χ1) is 21.8. The molecule has 2 saturated heterocycles. The monoisotopic (exact) mass is 746 g/mol. The molecule has 16 heteroatoms. The molecule has 2 atom stereocenters. The van der Waals surface area contributed by atoms with E-state index in [1.165, 1.54) is 28.6 Å². The van der Waals surface area contributed by atoms with Crippen LogP contribution in [-0.2, 0) is 29.3 Å². The van der Waals surface area contributed by atoms with Gasteiger partial charge in [0.25, 0.3) is 0 Å². The van der Waals surface area contributed by atoms with E-state index in [-0.39, 0.29) is 48.4 Å². The van der Waals surface area contributed by atoms with Gasteiger partial charge in [0.1, 0.15) is 35.2 Å². The summed E-state index contributed by atoms with van der Waals surface area (Å²) in [5.41, 5.74) is -0.608. The van der Waals surface area contributed by atoms with Gasteiger partial charge in [-0.2, -0.15) is 4.31 Å². The van der Waals surface area contributed by atoms with Gasteiger partial charge in [-0.1, -0.05) is 22.0 Å². The van der Waals surface area contributed by atoms with Gasteiger partial charge in [0.05, 0.1) is 41.6 Å². The molecule has 254 valence electrons. The van der Waals surface area contributed by atoms with Gasteiger partial charge in [0.2, 0.25) is 10.0 Å². The SMILES string of the molecule is CCOc1ccc(Br)cc1S(=O)(=O)N1CCC2(CC1)C[C@@H](OC(=O)NC[C@H](O)COc1cccc(S(=O)(=O)C3(CO)CC3)c1)CO2. The lowest BCUT2D eigenvalue weighted by molar-refractivity contribution is -0.0325. The summed E-state index contributed by atoms with van der Waals surface area (Å²) in [6.45, 7) is 1.94. The number of carbonyl (C=O) groups is 1. The number of aliphatic hydroxyl groups excluding tert-OH is 2. The van der Waals surface area contributed by atoms with Crippen molar-refractivity contribution in [3.63, 3.8) is 0 Å². The van der Waals surface area contributed by atoms with E-state index in [0.29, 0.717) is 48.9 Å². The molecule has 3 aliphatic rings. The second-order valence-electron chi connectivity index (χ2n) is 11.8. The van der Waals surface area contributed by atoms with E-state index in [1.807, 2.05) is 0 Å². The summed E-state index contributed by atoms with van der Waals surface area (Å²) in [5.74, 6) is 0.527. The van der Waals surface area contributed by atoms with Crippen molar-refractivity contribution in [1.29, 1.82) is 0 Å². The van der Waals surface area contributed by atoms with Gasteiger partial charge in [-0.3, -0.25) is 0 Å². The van der Waals surface area contributed by atoms with Crippen LogP contribution in [-0.4, -0.2) is 106 Å². The summed E-state index contributed by atoms with van der Waals surface area (Å²) >= 11 is 3.34. The van der Waals surface area contributed by atoms with E-state index in [4.69, 9.17) is 18.9 Å². The molecule has 1 amide bonds. The number of aliphatic hydroxyl groups is 2. The van der Waals surface area contributed by atoms with Crippen molar-refractivity contribution < 1.29 is 50.8 Å². The number of amides is 1. The Morgan fingerprint density at radius 2 is 1.85 bits per heavy atom. The molecular weight excluding hydrogens is 708 g/mol. The Morgan fingerprint density at radius 3 is 2.52 bits per heavy atom. The van der Waals surface area contributed by atoms with Crippen LogP contribution in [0.1, 0.15) is 39.0 Å². The number of sulfone groups is 1. The number of benzene rings is 2. The molecule has 1 saturated carbocycles. The third-order valence-corrected chi connectivity index (χ3v) is 13.6. The Kier molecular flexibility index (Phi) is 10.6. The smallest absolute Gasteiger partial charge is 0.407 e. The number of sulfonamides is 1. The summed E-state index contributed by atoms with van der Waals surface area (Å²) in [6, 6.07) is 10.8. The average Bonchev–Trinajstić information content (AvgIpc) is 3.77. The maximum atomic E-state index is 13.5. The number of hydrogen-bond acceptors (Lipinski definition) is 11. The van der Waals surface area contributed by atoms with Gasteiger partial charge in [-0.25, -0.2) is 21.6 Å². The van der Waals surface area contributed by atoms with Crippen LogP contribution in [0.4, 0.5) is 4.79 Å². The van der Waals surface area contributed by atoms with Crippen molar-refractivity contribution in [3.8, 4) is 11.5 Å². The zero-order chi connectivity index (χ0) is 33.2. The minimum absolute atomic E-state index is 0.0387. The lowest BCUT2D eigenvalue weighted by atomic mass is 9.89. The van der Waals surface area contributed by atoms with E-state index >= 15 is 0 Å². The predicted molar refractivity (Wildman–Crippen MR) is 169 cm³/mol. The van der Waals surface area contributed by atoms with Crippen LogP contribution in [0.5, 0.6) is 11.5 Å². The molecule has 3 N–H and O–H groups in total. The lowest BCUT2D eigenvalue weighted by Gasteiger charge is -2.37. The number of alkyl carbamates (subject to hydrolysis) is 1. The van der Waals surface area contributed by atoms with E-state index in [2.05, 4.69) is 21.2 Å². The van der Waals surface area contributed by atoms with Gasteiger partial charge in [-0.15, -0.1) is 0 Å². The fourth-order valence-corrected chi connectivity index (χ4v) is 9.69. The van der Waals surface area contributed by atoms with Crippen molar-refractivity contribution in [3.05, 3.63) is 46.9 Å². The van der Waals surface area contributed by atoms with Gasteiger partial charge in [0.15, 0.2) is 9.84 Å². The van der Waals surface area contributed by atoms with Crippen molar-refractivity contribution in [1.82, 2.24) is 9.62 Å². The summed E-state index contributed by atoms with van der Waals surface area (Å²) in [6.07, 6.45) is -0.297. The van der Waals surface area contributed by atoms with Crippen molar-refractivity contribution >= 4 is 41.9 Å². The minimum atomic E-state index is -3.81. The molecule has 13 nitrogen and oxygen atoms in total. The van der Waals surface area contributed by atoms with Crippen molar-refractivity contribution in [2.24, 2.45) is 0 Å². The van der Waals surface area contributed by atoms with Crippen molar-refractivity contribution in [2.45, 2.75) is 71.4 Å². The van der Waals surface area contributed by atoms with Crippen LogP contribution in [0.15, 0.2) is 56.7 Å². The molecule has 1 spiro atoms. The van der Waals surface area contributed by atoms with Crippen LogP contribution in [0.3, 0.4) is 0 Å². The van der Waals surface area contributed by atoms with Gasteiger partial charge < -0.3 is 34.5 Å². The fraction of sp³-hybridized carbons (Fsp3) is 0.567. The molecule has 2 heterocycles. The Labute approximate surface area is 277 Å². The molecule has 0 unspecified atom stereocenters. The molecule has 46 heavy (non-hydrogen) atoms. The van der Waals surface area contributed by atoms with Crippen LogP contribution < -0.4 is 14.8 Å². The second-order valence-corrected chi connectivity index (χ2v) is 17.0. The standard InChI is InChI=1S/C30H39BrN2O11S2/c1-2-41-26-7-6-21(31)14-27(26)46(39,40)33-12-10-29(11-13-33)16-24(19-43-29)44-28(36)32-17-22(35)18-42-23-4-3-5-25(15-23)45(37,38)30(20-34)8-9-30/h3-7,14-15,22,24,34-35H,2,8-13,16-20H2,1H3,(H,32,36)/t22-,24+/m0/s1. The first-order valence-corrected chi connectivity index (χ1v) is 18.8. The third kappa shape index (κ3) is 7.48. The van der Waals surface area contributed by atoms with Gasteiger partial charge >= 0.3 is 6.09 Å². The summed E-state index contributed by atoms with van der Waals surface area (Å²) < 4.78 is 76.1. The number of piperidine rings is 1. The number of hydrogen-bond donors (Lipinski definition) is 3. The van der Waals surface area contributed by atoms with Crippen LogP contribution in [0.2, 0.25) is 0 Å². The lowest BCUT2D eigenvalue weighted by Crippen LogP contribution is -2.46. The summed E-state index contributed by atoms with van der Waals surface area (Å²) in [4.78, 5) is 12.6. The molecule has 0 aromatic heterocycles. The Morgan fingerprint density at radius 1 is 1.11 bits per heavy atom. The van der Waals surface area contributed by atoms with E-state index < -0.39 is 55.1 Å². The van der Waals surface area contributed by atoms with Gasteiger partial charge in [0, 0.05) is 24.0 Å². The predicted octanol–water partition coefficient (Wildman–Crippen LogP) is 2.62. The van der Waals surface area contributed by atoms with Crippen molar-refractivity contribution in [2.75, 3.05) is 46.1 Å². The number of carbonyl (C=O) groups excluding carboxylic acids is 1. The zero-order valence-corrected chi connectivity index (χ0v) is 28.6. The highest BCUT2D eigenvalue weighted by molar-refractivity contribution is 9.10. The number of nitrogens with one attached hydrogen (secondary N) is 1. The quantitative estimate of drug-likeness (QED) is 0.275. The molecule has 2 aliphatic heterocycles. The minimum Gasteiger partial charge on any atom is -0.492 e. The molecular formula is C30H39BrN2O11S2. The molecule has 5 rings (SSSR count). The first-order valence-electron chi connectivity index (χ1n) is 15.1. The Bertz CT molecular complexity index is 1620. The molecule has 3 fully saturated rings. The van der Waals surface area contributed by atoms with E-state index in [9.17, 15) is 31.8 Å². The van der Waals surface area contributed by atoms with Gasteiger partial charge in [-0.05, 0) is 69.0 Å². The normalized spacial score (nSPS) is 21.4. The van der Waals surface area contributed by atoms with Crippen LogP contribution >= 0.6 is 15.9 Å². The molecule has 0 bridgehead atoms. The maximum absolute atomic E-state index is 13.5. The van der Waals surface area contributed by atoms with E-state index in [1.54, 1.807) is 25.1 Å². The van der Waals surface area contributed by atoms with E-state index in [0.717, 1.165) is 0 Å². The van der Waals surface area contributed by atoms with Crippen LogP contribution in [0, 0.1) is 0 Å².